The molecule has 3 rings (SSSR count). The largest absolute Gasteiger partial charge is 0.455 e. The van der Waals surface area contributed by atoms with Gasteiger partial charge < -0.3 is 4.74 Å². The van der Waals surface area contributed by atoms with Gasteiger partial charge in [0.15, 0.2) is 0 Å². The fourth-order valence-electron chi connectivity index (χ4n) is 2.46. The molecule has 0 N–H and O–H groups in total. The second kappa shape index (κ2) is 6.40. The van der Waals surface area contributed by atoms with Crippen LogP contribution in [0.5, 0.6) is 0 Å². The third-order valence-corrected chi connectivity index (χ3v) is 3.51. The summed E-state index contributed by atoms with van der Waals surface area (Å²) in [4.78, 5) is 28.3. The molecule has 2 aromatic carbocycles. The van der Waals surface area contributed by atoms with Crippen molar-refractivity contribution >= 4 is 22.7 Å². The van der Waals surface area contributed by atoms with Crippen molar-refractivity contribution in [3.8, 4) is 0 Å². The fraction of sp³-hybridized carbons (Fsp3) is 0.105. The number of nitrogens with zero attached hydrogens (tertiary/aromatic N) is 1. The Morgan fingerprint density at radius 3 is 2.61 bits per heavy atom. The minimum Gasteiger partial charge on any atom is -0.455 e. The van der Waals surface area contributed by atoms with Crippen molar-refractivity contribution < 1.29 is 14.3 Å². The summed E-state index contributed by atoms with van der Waals surface area (Å²) < 4.78 is 5.18. The van der Waals surface area contributed by atoms with Gasteiger partial charge in [-0.15, -0.1) is 0 Å². The number of Topliss-reactive ketones (excluding diaryl/α,β-unsaturated/α-hetero) is 1. The predicted molar refractivity (Wildman–Crippen MR) is 87.0 cm³/mol. The van der Waals surface area contributed by atoms with Gasteiger partial charge in [0, 0.05) is 22.7 Å². The van der Waals surface area contributed by atoms with Gasteiger partial charge in [-0.2, -0.15) is 0 Å². The van der Waals surface area contributed by atoms with E-state index in [1.165, 1.54) is 0 Å². The number of carbonyl (C=O) groups excluding carboxylic acids is 2. The molecule has 0 atom stereocenters. The smallest absolute Gasteiger partial charge is 0.380 e. The van der Waals surface area contributed by atoms with E-state index in [1.54, 1.807) is 36.5 Å². The highest BCUT2D eigenvalue weighted by Crippen LogP contribution is 2.19. The maximum absolute atomic E-state index is 12.0. The Morgan fingerprint density at radius 1 is 1.04 bits per heavy atom. The molecule has 0 radical (unpaired) electrons. The molecule has 0 amide bonds. The van der Waals surface area contributed by atoms with Crippen molar-refractivity contribution in [2.45, 2.75) is 13.5 Å². The number of ether oxygens (including phenoxy) is 1. The summed E-state index contributed by atoms with van der Waals surface area (Å²) in [7, 11) is 0. The number of ketones is 1. The number of esters is 1. The number of hydrogen-bond acceptors (Lipinski definition) is 4. The molecular weight excluding hydrogens is 290 g/mol. The molecule has 4 nitrogen and oxygen atoms in total. The second-order valence-electron chi connectivity index (χ2n) is 5.27. The molecule has 0 aliphatic heterocycles. The maximum Gasteiger partial charge on any atom is 0.380 e. The first-order chi connectivity index (χ1) is 11.1. The average molecular weight is 305 g/mol. The van der Waals surface area contributed by atoms with E-state index >= 15 is 0 Å². The van der Waals surface area contributed by atoms with Gasteiger partial charge in [-0.25, -0.2) is 4.79 Å². The first-order valence-electron chi connectivity index (χ1n) is 7.26. The Morgan fingerprint density at radius 2 is 1.83 bits per heavy atom. The number of carbonyl (C=O) groups is 2. The van der Waals surface area contributed by atoms with E-state index < -0.39 is 11.8 Å². The molecule has 1 heterocycles. The normalized spacial score (nSPS) is 10.5. The lowest BCUT2D eigenvalue weighted by Crippen LogP contribution is -2.17. The van der Waals surface area contributed by atoms with Crippen LogP contribution in [-0.2, 0) is 16.1 Å². The Hall–Kier alpha value is -3.01. The average Bonchev–Trinajstić information content (AvgIpc) is 2.59. The molecule has 0 saturated heterocycles. The summed E-state index contributed by atoms with van der Waals surface area (Å²) in [6.45, 7) is 1.99. The second-order valence-corrected chi connectivity index (χ2v) is 5.27. The van der Waals surface area contributed by atoms with E-state index in [0.29, 0.717) is 5.56 Å². The van der Waals surface area contributed by atoms with Gasteiger partial charge in [0.25, 0.3) is 5.78 Å². The highest BCUT2D eigenvalue weighted by molar-refractivity contribution is 6.40. The quantitative estimate of drug-likeness (QED) is 0.421. The van der Waals surface area contributed by atoms with Gasteiger partial charge in [0.2, 0.25) is 0 Å². The van der Waals surface area contributed by atoms with Crippen LogP contribution in [0.2, 0.25) is 0 Å². The van der Waals surface area contributed by atoms with Gasteiger partial charge in [0.05, 0.1) is 5.52 Å². The van der Waals surface area contributed by atoms with E-state index in [-0.39, 0.29) is 6.61 Å². The maximum atomic E-state index is 12.0. The van der Waals surface area contributed by atoms with Crippen molar-refractivity contribution in [3.05, 3.63) is 77.5 Å². The molecule has 0 aliphatic carbocycles. The third kappa shape index (κ3) is 3.26. The zero-order chi connectivity index (χ0) is 16.2. The van der Waals surface area contributed by atoms with Crippen LogP contribution in [0.25, 0.3) is 10.9 Å². The van der Waals surface area contributed by atoms with E-state index in [4.69, 9.17) is 4.74 Å². The van der Waals surface area contributed by atoms with Crippen LogP contribution in [0.4, 0.5) is 0 Å². The highest BCUT2D eigenvalue weighted by Gasteiger charge is 2.18. The zero-order valence-corrected chi connectivity index (χ0v) is 12.7. The van der Waals surface area contributed by atoms with Crippen LogP contribution >= 0.6 is 0 Å². The monoisotopic (exact) mass is 305 g/mol. The Labute approximate surface area is 133 Å². The minimum absolute atomic E-state index is 0.0204. The molecule has 1 aromatic heterocycles. The Balaban J connectivity index is 1.78. The number of aromatic nitrogens is 1. The van der Waals surface area contributed by atoms with Crippen molar-refractivity contribution in [1.82, 2.24) is 4.98 Å². The van der Waals surface area contributed by atoms with Gasteiger partial charge in [-0.05, 0) is 24.6 Å². The van der Waals surface area contributed by atoms with Crippen LogP contribution < -0.4 is 0 Å². The van der Waals surface area contributed by atoms with Gasteiger partial charge in [-0.3, -0.25) is 9.78 Å². The van der Waals surface area contributed by atoms with Crippen molar-refractivity contribution in [3.63, 3.8) is 0 Å². The van der Waals surface area contributed by atoms with E-state index in [1.807, 2.05) is 31.2 Å². The standard InChI is InChI=1S/C19H15NO3/c1-13-10-15-8-5-9-20-17(15)16(11-13)12-23-19(22)18(21)14-6-3-2-4-7-14/h2-11H,12H2,1H3. The lowest BCUT2D eigenvalue weighted by atomic mass is 10.1. The van der Waals surface area contributed by atoms with Crippen LogP contribution in [-0.4, -0.2) is 16.7 Å². The first kappa shape index (κ1) is 14.9. The predicted octanol–water partition coefficient (Wildman–Crippen LogP) is 3.47. The summed E-state index contributed by atoms with van der Waals surface area (Å²) in [6, 6.07) is 16.1. The van der Waals surface area contributed by atoms with Crippen LogP contribution in [0, 0.1) is 6.92 Å². The molecule has 0 bridgehead atoms. The summed E-state index contributed by atoms with van der Waals surface area (Å²) in [5.41, 5.74) is 2.93. The molecule has 0 aliphatic rings. The molecule has 3 aromatic rings. The summed E-state index contributed by atoms with van der Waals surface area (Å²) in [5, 5.41) is 0.980. The SMILES string of the molecule is Cc1cc(COC(=O)C(=O)c2ccccc2)c2ncccc2c1. The molecule has 0 unspecified atom stereocenters. The number of rotatable bonds is 4. The number of aryl methyl sites for hydroxylation is 1. The molecule has 0 fully saturated rings. The topological polar surface area (TPSA) is 56.3 Å². The van der Waals surface area contributed by atoms with Gasteiger partial charge >= 0.3 is 5.97 Å². The van der Waals surface area contributed by atoms with Crippen LogP contribution in [0.3, 0.4) is 0 Å². The molecule has 23 heavy (non-hydrogen) atoms. The number of benzene rings is 2. The number of hydrogen-bond donors (Lipinski definition) is 0. The van der Waals surface area contributed by atoms with E-state index in [9.17, 15) is 9.59 Å². The Bertz CT molecular complexity index is 872. The van der Waals surface area contributed by atoms with Gasteiger partial charge in [-0.1, -0.05) is 42.5 Å². The summed E-state index contributed by atoms with van der Waals surface area (Å²) in [5.74, 6) is -1.50. The fourth-order valence-corrected chi connectivity index (χ4v) is 2.46. The number of fused-ring (bicyclic) bond motifs is 1. The van der Waals surface area contributed by atoms with Crippen molar-refractivity contribution in [1.29, 1.82) is 0 Å². The first-order valence-corrected chi connectivity index (χ1v) is 7.26. The lowest BCUT2D eigenvalue weighted by molar-refractivity contribution is -0.139. The third-order valence-electron chi connectivity index (χ3n) is 3.51. The van der Waals surface area contributed by atoms with E-state index in [0.717, 1.165) is 22.0 Å². The van der Waals surface area contributed by atoms with Crippen LogP contribution in [0.15, 0.2) is 60.8 Å². The minimum atomic E-state index is -0.859. The van der Waals surface area contributed by atoms with Crippen molar-refractivity contribution in [2.24, 2.45) is 0 Å². The molecule has 114 valence electrons. The lowest BCUT2D eigenvalue weighted by Gasteiger charge is -2.08. The van der Waals surface area contributed by atoms with Crippen LogP contribution in [0.1, 0.15) is 21.5 Å². The number of pyridine rings is 1. The zero-order valence-electron chi connectivity index (χ0n) is 12.7. The Kier molecular flexibility index (Phi) is 4.15. The molecule has 4 heteroatoms. The van der Waals surface area contributed by atoms with E-state index in [2.05, 4.69) is 4.98 Å². The molecule has 0 saturated carbocycles. The molecule has 0 spiro atoms. The molecular formula is C19H15NO3. The van der Waals surface area contributed by atoms with Gasteiger partial charge in [0.1, 0.15) is 6.61 Å². The summed E-state index contributed by atoms with van der Waals surface area (Å²) in [6.07, 6.45) is 1.69. The van der Waals surface area contributed by atoms with Crippen molar-refractivity contribution in [2.75, 3.05) is 0 Å². The summed E-state index contributed by atoms with van der Waals surface area (Å²) >= 11 is 0. The highest BCUT2D eigenvalue weighted by atomic mass is 16.5.